The highest BCUT2D eigenvalue weighted by molar-refractivity contribution is 7.22. The Labute approximate surface area is 334 Å². The molecule has 0 aliphatic rings. The molecule has 0 atom stereocenters. The first-order chi connectivity index (χ1) is 28.2. The van der Waals surface area contributed by atoms with Crippen LogP contribution in [-0.4, -0.2) is 15.0 Å². The molecule has 9 aromatic carbocycles. The summed E-state index contributed by atoms with van der Waals surface area (Å²) in [6.07, 6.45) is 0. The van der Waals surface area contributed by atoms with E-state index in [4.69, 9.17) is 15.0 Å². The van der Waals surface area contributed by atoms with Crippen LogP contribution in [0.25, 0.3) is 109 Å². The molecule has 0 spiro atoms. The highest BCUT2D eigenvalue weighted by Gasteiger charge is 2.20. The molecule has 0 unspecified atom stereocenters. The minimum Gasteiger partial charge on any atom is -0.208 e. The van der Waals surface area contributed by atoms with E-state index in [2.05, 4.69) is 194 Å². The van der Waals surface area contributed by atoms with Crippen LogP contribution >= 0.6 is 11.3 Å². The minimum atomic E-state index is 0.629. The Kier molecular flexibility index (Phi) is 8.01. The van der Waals surface area contributed by atoms with Crippen molar-refractivity contribution in [3.63, 3.8) is 0 Å². The van der Waals surface area contributed by atoms with Crippen molar-refractivity contribution in [3.05, 3.63) is 200 Å². The molecule has 0 radical (unpaired) electrons. The van der Waals surface area contributed by atoms with Crippen LogP contribution in [0.4, 0.5) is 0 Å². The number of fused-ring (bicyclic) bond motifs is 5. The second-order valence-electron chi connectivity index (χ2n) is 14.3. The van der Waals surface area contributed by atoms with Gasteiger partial charge >= 0.3 is 0 Å². The van der Waals surface area contributed by atoms with E-state index in [-0.39, 0.29) is 0 Å². The summed E-state index contributed by atoms with van der Waals surface area (Å²) in [6, 6.07) is 71.1. The average Bonchev–Trinajstić information content (AvgIpc) is 3.73. The van der Waals surface area contributed by atoms with Gasteiger partial charge in [-0.25, -0.2) is 15.0 Å². The fourth-order valence-corrected chi connectivity index (χ4v) is 9.28. The maximum absolute atomic E-state index is 5.35. The molecular formula is C53H33N3S. The average molecular weight is 744 g/mol. The summed E-state index contributed by atoms with van der Waals surface area (Å²) >= 11 is 1.81. The highest BCUT2D eigenvalue weighted by Crippen LogP contribution is 2.43. The quantitative estimate of drug-likeness (QED) is 0.126. The summed E-state index contributed by atoms with van der Waals surface area (Å²) in [6.45, 7) is 0. The Balaban J connectivity index is 1.14. The fraction of sp³-hybridized carbons (Fsp3) is 0. The van der Waals surface area contributed by atoms with Crippen molar-refractivity contribution in [2.45, 2.75) is 0 Å². The van der Waals surface area contributed by atoms with Crippen LogP contribution < -0.4 is 0 Å². The van der Waals surface area contributed by atoms with E-state index in [0.717, 1.165) is 33.4 Å². The summed E-state index contributed by atoms with van der Waals surface area (Å²) in [5, 5.41) is 8.52. The molecule has 0 fully saturated rings. The predicted molar refractivity (Wildman–Crippen MR) is 240 cm³/mol. The first-order valence-corrected chi connectivity index (χ1v) is 20.0. The van der Waals surface area contributed by atoms with Crippen molar-refractivity contribution in [1.82, 2.24) is 15.0 Å². The van der Waals surface area contributed by atoms with E-state index in [1.165, 1.54) is 58.4 Å². The van der Waals surface area contributed by atoms with Crippen LogP contribution in [0.3, 0.4) is 0 Å². The van der Waals surface area contributed by atoms with E-state index < -0.39 is 0 Å². The molecule has 57 heavy (non-hydrogen) atoms. The van der Waals surface area contributed by atoms with Crippen LogP contribution in [-0.2, 0) is 0 Å². The third kappa shape index (κ3) is 5.86. The lowest BCUT2D eigenvalue weighted by Gasteiger charge is -2.17. The number of hydrogen-bond donors (Lipinski definition) is 0. The zero-order valence-corrected chi connectivity index (χ0v) is 31.6. The maximum Gasteiger partial charge on any atom is 0.164 e. The molecule has 0 saturated carbocycles. The van der Waals surface area contributed by atoms with Crippen LogP contribution in [0.15, 0.2) is 200 Å². The Bertz CT molecular complexity index is 3260. The molecule has 2 heterocycles. The third-order valence-electron chi connectivity index (χ3n) is 10.9. The number of rotatable bonds is 6. The van der Waals surface area contributed by atoms with Gasteiger partial charge in [-0.3, -0.25) is 0 Å². The second kappa shape index (κ2) is 13.8. The number of aromatic nitrogens is 3. The van der Waals surface area contributed by atoms with Gasteiger partial charge in [-0.2, -0.15) is 0 Å². The third-order valence-corrected chi connectivity index (χ3v) is 12.1. The smallest absolute Gasteiger partial charge is 0.164 e. The Morgan fingerprint density at radius 1 is 0.298 bits per heavy atom. The first kappa shape index (κ1) is 33.1. The van der Waals surface area contributed by atoms with Gasteiger partial charge in [-0.1, -0.05) is 182 Å². The zero-order valence-electron chi connectivity index (χ0n) is 30.8. The van der Waals surface area contributed by atoms with Gasteiger partial charge in [0.1, 0.15) is 0 Å². The van der Waals surface area contributed by atoms with Gasteiger partial charge < -0.3 is 0 Å². The number of benzene rings is 9. The first-order valence-electron chi connectivity index (χ1n) is 19.2. The molecule has 11 rings (SSSR count). The van der Waals surface area contributed by atoms with E-state index in [1.807, 2.05) is 17.4 Å². The molecule has 0 saturated heterocycles. The van der Waals surface area contributed by atoms with Crippen LogP contribution in [0.5, 0.6) is 0 Å². The summed E-state index contributed by atoms with van der Waals surface area (Å²) in [7, 11) is 0. The lowest BCUT2D eigenvalue weighted by atomic mass is 9.88. The van der Waals surface area contributed by atoms with E-state index >= 15 is 0 Å². The van der Waals surface area contributed by atoms with Gasteiger partial charge in [0.05, 0.1) is 0 Å². The maximum atomic E-state index is 5.35. The Hall–Kier alpha value is -7.27. The molecule has 0 aliphatic heterocycles. The van der Waals surface area contributed by atoms with Crippen molar-refractivity contribution >= 4 is 53.7 Å². The fourth-order valence-electron chi connectivity index (χ4n) is 8.21. The molecule has 3 nitrogen and oxygen atoms in total. The highest BCUT2D eigenvalue weighted by atomic mass is 32.1. The van der Waals surface area contributed by atoms with E-state index in [9.17, 15) is 0 Å². The summed E-state index contributed by atoms with van der Waals surface area (Å²) in [4.78, 5) is 17.1. The summed E-state index contributed by atoms with van der Waals surface area (Å²) in [5.74, 6) is 1.89. The van der Waals surface area contributed by atoms with Crippen molar-refractivity contribution < 1.29 is 0 Å². The molecule has 2 aromatic heterocycles. The van der Waals surface area contributed by atoms with Crippen LogP contribution in [0.2, 0.25) is 0 Å². The second-order valence-corrected chi connectivity index (χ2v) is 15.4. The summed E-state index contributed by atoms with van der Waals surface area (Å²) < 4.78 is 1.28. The molecule has 0 amide bonds. The largest absolute Gasteiger partial charge is 0.208 e. The zero-order chi connectivity index (χ0) is 37.7. The van der Waals surface area contributed by atoms with Gasteiger partial charge in [0.2, 0.25) is 0 Å². The topological polar surface area (TPSA) is 38.7 Å². The van der Waals surface area contributed by atoms with Gasteiger partial charge in [0.15, 0.2) is 17.5 Å². The van der Waals surface area contributed by atoms with Crippen molar-refractivity contribution in [1.29, 1.82) is 0 Å². The van der Waals surface area contributed by atoms with Crippen molar-refractivity contribution in [2.24, 2.45) is 0 Å². The van der Waals surface area contributed by atoms with Gasteiger partial charge in [-0.05, 0) is 83.7 Å². The van der Waals surface area contributed by atoms with Crippen LogP contribution in [0.1, 0.15) is 0 Å². The lowest BCUT2D eigenvalue weighted by molar-refractivity contribution is 1.07. The molecule has 0 bridgehead atoms. The van der Waals surface area contributed by atoms with E-state index in [0.29, 0.717) is 17.5 Å². The molecule has 0 N–H and O–H groups in total. The van der Waals surface area contributed by atoms with E-state index in [1.54, 1.807) is 0 Å². The number of thiophene rings is 1. The standard InChI is InChI=1S/C53H33N3S/c1-2-14-34(15-3-1)40-19-9-11-23-45(40)52-54-51(37-28-26-36(27-29-37)49-33-39-18-6-13-25-48(39)57-49)55-53(56-52)46-24-12-10-22-43(46)50-42-21-8-5-17-38(42)32-47-41-20-7-4-16-35(41)30-31-44(47)50/h1-33H. The Morgan fingerprint density at radius 2 is 0.860 bits per heavy atom. The van der Waals surface area contributed by atoms with Gasteiger partial charge in [0.25, 0.3) is 0 Å². The molecule has 266 valence electrons. The number of hydrogen-bond acceptors (Lipinski definition) is 4. The minimum absolute atomic E-state index is 0.629. The van der Waals surface area contributed by atoms with Gasteiger partial charge in [-0.15, -0.1) is 11.3 Å². The van der Waals surface area contributed by atoms with Crippen molar-refractivity contribution in [3.8, 4) is 66.9 Å². The predicted octanol–water partition coefficient (Wildman–Crippen LogP) is 14.5. The lowest BCUT2D eigenvalue weighted by Crippen LogP contribution is -2.02. The molecule has 0 aliphatic carbocycles. The molecule has 4 heteroatoms. The van der Waals surface area contributed by atoms with Crippen LogP contribution in [0, 0.1) is 0 Å². The summed E-state index contributed by atoms with van der Waals surface area (Å²) in [5.41, 5.74) is 8.44. The number of nitrogens with zero attached hydrogens (tertiary/aromatic N) is 3. The normalized spacial score (nSPS) is 11.5. The molecular weight excluding hydrogens is 711 g/mol. The monoisotopic (exact) mass is 743 g/mol. The van der Waals surface area contributed by atoms with Gasteiger partial charge in [0, 0.05) is 26.3 Å². The molecule has 11 aromatic rings. The van der Waals surface area contributed by atoms with Crippen molar-refractivity contribution in [2.75, 3.05) is 0 Å². The SMILES string of the molecule is c1ccc(-c2ccccc2-c2nc(-c3ccc(-c4cc5ccccc5s4)cc3)nc(-c3ccccc3-c3c4ccccc4cc4c3ccc3ccccc34)n2)cc1. The Morgan fingerprint density at radius 3 is 1.61 bits per heavy atom.